The lowest BCUT2D eigenvalue weighted by atomic mass is 10.1. The number of carbonyl (C=O) groups excluding carboxylic acids is 1. The van der Waals surface area contributed by atoms with Crippen LogP contribution in [0.5, 0.6) is 0 Å². The third-order valence-corrected chi connectivity index (χ3v) is 3.76. The molecule has 2 aromatic carbocycles. The number of rotatable bonds is 3. The predicted molar refractivity (Wildman–Crippen MR) is 94.2 cm³/mol. The first-order valence-corrected chi connectivity index (χ1v) is 7.77. The minimum atomic E-state index is -0.297. The van der Waals surface area contributed by atoms with Crippen molar-refractivity contribution in [3.05, 3.63) is 72.2 Å². The van der Waals surface area contributed by atoms with Gasteiger partial charge in [-0.1, -0.05) is 41.6 Å². The molecule has 122 valence electrons. The molecule has 0 radical (unpaired) electrons. The van der Waals surface area contributed by atoms with Crippen molar-refractivity contribution in [1.82, 2.24) is 15.1 Å². The van der Waals surface area contributed by atoms with Gasteiger partial charge in [-0.25, -0.2) is 4.98 Å². The van der Waals surface area contributed by atoms with Gasteiger partial charge < -0.3 is 9.84 Å². The van der Waals surface area contributed by atoms with E-state index < -0.39 is 0 Å². The van der Waals surface area contributed by atoms with Crippen molar-refractivity contribution < 1.29 is 9.32 Å². The van der Waals surface area contributed by atoms with E-state index in [9.17, 15) is 4.79 Å². The molecule has 0 saturated heterocycles. The predicted octanol–water partition coefficient (Wildman–Crippen LogP) is 3.85. The van der Waals surface area contributed by atoms with Crippen LogP contribution in [0.4, 0.5) is 5.69 Å². The Morgan fingerprint density at radius 1 is 0.960 bits per heavy atom. The second kappa shape index (κ2) is 6.16. The van der Waals surface area contributed by atoms with Gasteiger partial charge in [0.25, 0.3) is 11.8 Å². The summed E-state index contributed by atoms with van der Waals surface area (Å²) in [5, 5.41) is 7.65. The van der Waals surface area contributed by atoms with Crippen LogP contribution in [0.3, 0.4) is 0 Å². The van der Waals surface area contributed by atoms with Gasteiger partial charge in [0.05, 0.1) is 16.8 Å². The standard InChI is InChI=1S/C19H14N4O2/c1-12-20-19(25-23-12)14-7-3-5-9-16(14)22-18(24)17-11-10-13-6-2-4-8-15(13)21-17/h2-11H,1H3,(H,22,24). The number of carbonyl (C=O) groups is 1. The fourth-order valence-electron chi connectivity index (χ4n) is 2.56. The van der Waals surface area contributed by atoms with Crippen LogP contribution >= 0.6 is 0 Å². The highest BCUT2D eigenvalue weighted by Crippen LogP contribution is 2.26. The molecule has 1 amide bonds. The molecule has 0 bridgehead atoms. The number of hydrogen-bond acceptors (Lipinski definition) is 5. The highest BCUT2D eigenvalue weighted by Gasteiger charge is 2.15. The lowest BCUT2D eigenvalue weighted by Crippen LogP contribution is -2.14. The zero-order chi connectivity index (χ0) is 17.2. The molecule has 2 aromatic heterocycles. The van der Waals surface area contributed by atoms with Crippen molar-refractivity contribution in [3.63, 3.8) is 0 Å². The Labute approximate surface area is 143 Å². The Balaban J connectivity index is 1.66. The zero-order valence-corrected chi connectivity index (χ0v) is 13.4. The van der Waals surface area contributed by atoms with Gasteiger partial charge in [0.2, 0.25) is 0 Å². The Hall–Kier alpha value is -3.54. The molecule has 6 heteroatoms. The third-order valence-electron chi connectivity index (χ3n) is 3.76. The highest BCUT2D eigenvalue weighted by atomic mass is 16.5. The zero-order valence-electron chi connectivity index (χ0n) is 13.4. The monoisotopic (exact) mass is 330 g/mol. The van der Waals surface area contributed by atoms with E-state index >= 15 is 0 Å². The first-order chi connectivity index (χ1) is 12.2. The summed E-state index contributed by atoms with van der Waals surface area (Å²) >= 11 is 0. The summed E-state index contributed by atoms with van der Waals surface area (Å²) in [6, 6.07) is 18.5. The van der Waals surface area contributed by atoms with E-state index in [-0.39, 0.29) is 5.91 Å². The number of nitrogens with zero attached hydrogens (tertiary/aromatic N) is 3. The molecule has 2 heterocycles. The summed E-state index contributed by atoms with van der Waals surface area (Å²) in [7, 11) is 0. The van der Waals surface area contributed by atoms with Crippen molar-refractivity contribution in [2.45, 2.75) is 6.92 Å². The molecule has 6 nitrogen and oxygen atoms in total. The molecular formula is C19H14N4O2. The summed E-state index contributed by atoms with van der Waals surface area (Å²) in [4.78, 5) is 21.2. The SMILES string of the molecule is Cc1noc(-c2ccccc2NC(=O)c2ccc3ccccc3n2)n1. The van der Waals surface area contributed by atoms with Crippen molar-refractivity contribution in [2.24, 2.45) is 0 Å². The van der Waals surface area contributed by atoms with Crippen molar-refractivity contribution >= 4 is 22.5 Å². The van der Waals surface area contributed by atoms with Gasteiger partial charge in [0.1, 0.15) is 5.69 Å². The second-order valence-electron chi connectivity index (χ2n) is 5.54. The van der Waals surface area contributed by atoms with Gasteiger partial charge in [-0.2, -0.15) is 4.98 Å². The van der Waals surface area contributed by atoms with Gasteiger partial charge in [-0.15, -0.1) is 0 Å². The molecule has 0 aliphatic carbocycles. The van der Waals surface area contributed by atoms with E-state index in [4.69, 9.17) is 4.52 Å². The average molecular weight is 330 g/mol. The average Bonchev–Trinajstić information content (AvgIpc) is 3.08. The molecule has 0 saturated carbocycles. The number of aromatic nitrogens is 3. The van der Waals surface area contributed by atoms with Gasteiger partial charge in [-0.3, -0.25) is 4.79 Å². The van der Waals surface area contributed by atoms with E-state index in [0.717, 1.165) is 10.9 Å². The van der Waals surface area contributed by atoms with Crippen LogP contribution in [0.25, 0.3) is 22.4 Å². The van der Waals surface area contributed by atoms with Crippen LogP contribution in [-0.2, 0) is 0 Å². The fraction of sp³-hybridized carbons (Fsp3) is 0.0526. The minimum absolute atomic E-state index is 0.297. The normalized spacial score (nSPS) is 10.8. The number of nitrogens with one attached hydrogen (secondary N) is 1. The number of anilines is 1. The number of fused-ring (bicyclic) bond motifs is 1. The number of hydrogen-bond donors (Lipinski definition) is 1. The number of amides is 1. The molecule has 25 heavy (non-hydrogen) atoms. The van der Waals surface area contributed by atoms with E-state index in [1.165, 1.54) is 0 Å². The van der Waals surface area contributed by atoms with Crippen LogP contribution in [0.2, 0.25) is 0 Å². The smallest absolute Gasteiger partial charge is 0.274 e. The van der Waals surface area contributed by atoms with Crippen molar-refractivity contribution in [3.8, 4) is 11.5 Å². The highest BCUT2D eigenvalue weighted by molar-refractivity contribution is 6.05. The largest absolute Gasteiger partial charge is 0.334 e. The molecule has 4 rings (SSSR count). The fourth-order valence-corrected chi connectivity index (χ4v) is 2.56. The molecule has 1 N–H and O–H groups in total. The van der Waals surface area contributed by atoms with E-state index in [0.29, 0.717) is 28.7 Å². The third kappa shape index (κ3) is 2.97. The maximum absolute atomic E-state index is 12.6. The Bertz CT molecular complexity index is 1070. The van der Waals surface area contributed by atoms with E-state index in [1.807, 2.05) is 48.5 Å². The maximum Gasteiger partial charge on any atom is 0.274 e. The molecule has 0 unspecified atom stereocenters. The topological polar surface area (TPSA) is 80.9 Å². The number of pyridine rings is 1. The van der Waals surface area contributed by atoms with Crippen LogP contribution in [0.1, 0.15) is 16.3 Å². The molecular weight excluding hydrogens is 316 g/mol. The molecule has 0 spiro atoms. The Morgan fingerprint density at radius 2 is 1.76 bits per heavy atom. The van der Waals surface area contributed by atoms with Crippen LogP contribution < -0.4 is 5.32 Å². The first-order valence-electron chi connectivity index (χ1n) is 7.77. The quantitative estimate of drug-likeness (QED) is 0.617. The van der Waals surface area contributed by atoms with E-state index in [2.05, 4.69) is 20.4 Å². The number of benzene rings is 2. The van der Waals surface area contributed by atoms with Gasteiger partial charge >= 0.3 is 0 Å². The maximum atomic E-state index is 12.6. The molecule has 0 aliphatic rings. The van der Waals surface area contributed by atoms with Crippen LogP contribution in [-0.4, -0.2) is 21.0 Å². The number of aryl methyl sites for hydroxylation is 1. The second-order valence-corrected chi connectivity index (χ2v) is 5.54. The van der Waals surface area contributed by atoms with Gasteiger partial charge in [-0.05, 0) is 31.2 Å². The first kappa shape index (κ1) is 15.0. The molecule has 0 atom stereocenters. The van der Waals surface area contributed by atoms with Crippen molar-refractivity contribution in [1.29, 1.82) is 0 Å². The number of para-hydroxylation sites is 2. The van der Waals surface area contributed by atoms with Crippen molar-refractivity contribution in [2.75, 3.05) is 5.32 Å². The minimum Gasteiger partial charge on any atom is -0.334 e. The summed E-state index contributed by atoms with van der Waals surface area (Å²) in [6.45, 7) is 1.74. The Morgan fingerprint density at radius 3 is 2.60 bits per heavy atom. The summed E-state index contributed by atoms with van der Waals surface area (Å²) < 4.78 is 5.21. The van der Waals surface area contributed by atoms with Crippen LogP contribution in [0, 0.1) is 6.92 Å². The molecule has 0 aliphatic heterocycles. The van der Waals surface area contributed by atoms with Gasteiger partial charge in [0, 0.05) is 5.39 Å². The summed E-state index contributed by atoms with van der Waals surface area (Å²) in [5.41, 5.74) is 2.37. The Kier molecular flexibility index (Phi) is 3.70. The van der Waals surface area contributed by atoms with E-state index in [1.54, 1.807) is 19.1 Å². The summed E-state index contributed by atoms with van der Waals surface area (Å²) in [6.07, 6.45) is 0. The lowest BCUT2D eigenvalue weighted by molar-refractivity contribution is 0.102. The molecule has 0 fully saturated rings. The molecule has 4 aromatic rings. The van der Waals surface area contributed by atoms with Crippen LogP contribution in [0.15, 0.2) is 65.2 Å². The van der Waals surface area contributed by atoms with Gasteiger partial charge in [0.15, 0.2) is 5.82 Å². The lowest BCUT2D eigenvalue weighted by Gasteiger charge is -2.08. The summed E-state index contributed by atoms with van der Waals surface area (Å²) in [5.74, 6) is 0.599.